The van der Waals surface area contributed by atoms with Gasteiger partial charge >= 0.3 is 11.9 Å². The summed E-state index contributed by atoms with van der Waals surface area (Å²) in [7, 11) is 0. The molecule has 1 aliphatic rings. The molecule has 5 rings (SSSR count). The first kappa shape index (κ1) is 26.6. The molecule has 0 aliphatic carbocycles. The molecule has 0 unspecified atom stereocenters. The fourth-order valence-corrected chi connectivity index (χ4v) is 4.36. The molecule has 200 valence electrons. The predicted molar refractivity (Wildman–Crippen MR) is 151 cm³/mol. The molecule has 0 atom stereocenters. The average Bonchev–Trinajstić information content (AvgIpc) is 3.19. The van der Waals surface area contributed by atoms with Gasteiger partial charge in [-0.3, -0.25) is 9.59 Å². The maximum absolute atomic E-state index is 13.1. The molecule has 4 aromatic rings. The van der Waals surface area contributed by atoms with E-state index in [2.05, 4.69) is 5.32 Å². The van der Waals surface area contributed by atoms with Crippen molar-refractivity contribution in [3.8, 4) is 5.75 Å². The lowest BCUT2D eigenvalue weighted by molar-refractivity contribution is -0.120. The number of hydrogen-bond donors (Lipinski definition) is 1. The minimum absolute atomic E-state index is 0.107. The molecule has 0 saturated carbocycles. The number of ether oxygens (including phenoxy) is 2. The van der Waals surface area contributed by atoms with Crippen LogP contribution in [0.1, 0.15) is 34.1 Å². The van der Waals surface area contributed by atoms with Crippen molar-refractivity contribution in [2.24, 2.45) is 0 Å². The minimum atomic E-state index is -0.703. The van der Waals surface area contributed by atoms with Crippen LogP contribution < -0.4 is 15.0 Å². The van der Waals surface area contributed by atoms with Crippen molar-refractivity contribution < 1.29 is 28.7 Å². The van der Waals surface area contributed by atoms with Crippen LogP contribution in [-0.2, 0) is 14.3 Å². The third-order valence-corrected chi connectivity index (χ3v) is 6.52. The lowest BCUT2D eigenvalue weighted by atomic mass is 10.1. The zero-order valence-corrected chi connectivity index (χ0v) is 22.1. The van der Waals surface area contributed by atoms with Crippen LogP contribution in [0.25, 0.3) is 10.8 Å². The van der Waals surface area contributed by atoms with E-state index in [1.54, 1.807) is 30.3 Å². The number of benzene rings is 4. The number of nitrogens with zero attached hydrogens (tertiary/aromatic N) is 1. The molecule has 0 saturated heterocycles. The Hall–Kier alpha value is -4.95. The predicted octanol–water partition coefficient (Wildman–Crippen LogP) is 6.06. The lowest BCUT2D eigenvalue weighted by Gasteiger charge is -2.15. The molecular formula is C31H23ClN2O6. The molecule has 1 aliphatic heterocycles. The highest BCUT2D eigenvalue weighted by atomic mass is 35.5. The fraction of sp³-hybridized carbons (Fsp3) is 0.0968. The van der Waals surface area contributed by atoms with Gasteiger partial charge < -0.3 is 14.8 Å². The largest absolute Gasteiger partial charge is 0.462 e. The summed E-state index contributed by atoms with van der Waals surface area (Å²) in [5, 5.41) is 4.36. The second-order valence-corrected chi connectivity index (χ2v) is 9.26. The van der Waals surface area contributed by atoms with Crippen LogP contribution in [0.5, 0.6) is 5.75 Å². The number of halogens is 1. The fourth-order valence-electron chi connectivity index (χ4n) is 4.15. The third-order valence-electron chi connectivity index (χ3n) is 6.17. The molecule has 2 amide bonds. The SMILES string of the molecule is CCCOC(=O)c1ccc(N2C(=O)C(Cl)=C(Nc3ccc(C(=O)Oc4cccc5ccccc45)cc3)C2=O)cc1. The Labute approximate surface area is 234 Å². The maximum Gasteiger partial charge on any atom is 0.343 e. The molecule has 0 aromatic heterocycles. The van der Waals surface area contributed by atoms with Crippen LogP contribution in [0.4, 0.5) is 11.4 Å². The van der Waals surface area contributed by atoms with Gasteiger partial charge in [0.15, 0.2) is 0 Å². The summed E-state index contributed by atoms with van der Waals surface area (Å²) in [5.74, 6) is -1.94. The van der Waals surface area contributed by atoms with Gasteiger partial charge in [0.05, 0.1) is 23.4 Å². The van der Waals surface area contributed by atoms with Gasteiger partial charge in [0.1, 0.15) is 16.5 Å². The number of amides is 2. The molecule has 40 heavy (non-hydrogen) atoms. The van der Waals surface area contributed by atoms with Gasteiger partial charge in [0.25, 0.3) is 11.8 Å². The van der Waals surface area contributed by atoms with Gasteiger partial charge in [-0.2, -0.15) is 0 Å². The van der Waals surface area contributed by atoms with Crippen molar-refractivity contribution in [3.05, 3.63) is 113 Å². The number of nitrogens with one attached hydrogen (secondary N) is 1. The Morgan fingerprint density at radius 3 is 2.17 bits per heavy atom. The molecule has 4 aromatic carbocycles. The van der Waals surface area contributed by atoms with Crippen molar-refractivity contribution in [1.29, 1.82) is 0 Å². The Bertz CT molecular complexity index is 1660. The van der Waals surface area contributed by atoms with Crippen molar-refractivity contribution in [2.45, 2.75) is 13.3 Å². The highest BCUT2D eigenvalue weighted by Crippen LogP contribution is 2.31. The highest BCUT2D eigenvalue weighted by Gasteiger charge is 2.39. The maximum atomic E-state index is 13.1. The normalized spacial score (nSPS) is 13.1. The number of imide groups is 1. The molecule has 8 nitrogen and oxygen atoms in total. The third kappa shape index (κ3) is 5.30. The topological polar surface area (TPSA) is 102 Å². The number of esters is 2. The van der Waals surface area contributed by atoms with Crippen LogP contribution in [0.15, 0.2) is 102 Å². The molecule has 0 fully saturated rings. The van der Waals surface area contributed by atoms with Crippen molar-refractivity contribution in [1.82, 2.24) is 0 Å². The van der Waals surface area contributed by atoms with E-state index < -0.39 is 23.8 Å². The van der Waals surface area contributed by atoms with E-state index in [-0.39, 0.29) is 16.4 Å². The first-order valence-corrected chi connectivity index (χ1v) is 12.9. The van der Waals surface area contributed by atoms with Gasteiger partial charge in [-0.15, -0.1) is 0 Å². The minimum Gasteiger partial charge on any atom is -0.462 e. The number of hydrogen-bond acceptors (Lipinski definition) is 7. The smallest absolute Gasteiger partial charge is 0.343 e. The number of anilines is 2. The first-order valence-electron chi connectivity index (χ1n) is 12.5. The molecule has 1 heterocycles. The van der Waals surface area contributed by atoms with E-state index in [0.717, 1.165) is 15.7 Å². The second kappa shape index (κ2) is 11.4. The molecule has 1 N–H and O–H groups in total. The zero-order valence-electron chi connectivity index (χ0n) is 21.3. The molecule has 0 radical (unpaired) electrons. The Kier molecular flexibility index (Phi) is 7.61. The average molecular weight is 555 g/mol. The Morgan fingerprint density at radius 2 is 1.45 bits per heavy atom. The zero-order chi connectivity index (χ0) is 28.2. The summed E-state index contributed by atoms with van der Waals surface area (Å²) in [6.07, 6.45) is 0.693. The highest BCUT2D eigenvalue weighted by molar-refractivity contribution is 6.53. The van der Waals surface area contributed by atoms with Crippen molar-refractivity contribution in [2.75, 3.05) is 16.8 Å². The number of carbonyl (C=O) groups excluding carboxylic acids is 4. The monoisotopic (exact) mass is 554 g/mol. The molecule has 0 bridgehead atoms. The van der Waals surface area contributed by atoms with Gasteiger partial charge in [0, 0.05) is 11.1 Å². The summed E-state index contributed by atoms with van der Waals surface area (Å²) in [5.41, 5.74) is 1.18. The van der Waals surface area contributed by atoms with E-state index in [1.165, 1.54) is 24.3 Å². The van der Waals surface area contributed by atoms with Crippen LogP contribution in [-0.4, -0.2) is 30.4 Å². The van der Waals surface area contributed by atoms with Crippen LogP contribution in [0.2, 0.25) is 0 Å². The summed E-state index contributed by atoms with van der Waals surface area (Å²) in [4.78, 5) is 51.7. The summed E-state index contributed by atoms with van der Waals surface area (Å²) in [6, 6.07) is 25.2. The standard InChI is InChI=1S/C31H23ClN2O6/c1-2-18-39-30(37)20-12-16-23(17-13-20)34-28(35)26(32)27(29(34)36)33-22-14-10-21(11-15-22)31(38)40-25-9-5-7-19-6-3-4-8-24(19)25/h3-17,33H,2,18H2,1H3. The first-order chi connectivity index (χ1) is 19.4. The molecule has 0 spiro atoms. The Morgan fingerprint density at radius 1 is 0.800 bits per heavy atom. The van der Waals surface area contributed by atoms with Crippen molar-refractivity contribution in [3.63, 3.8) is 0 Å². The number of fused-ring (bicyclic) bond motifs is 1. The van der Waals surface area contributed by atoms with Gasteiger partial charge in [-0.1, -0.05) is 54.9 Å². The molecular weight excluding hydrogens is 532 g/mol. The summed E-state index contributed by atoms with van der Waals surface area (Å²) >= 11 is 6.23. The molecule has 9 heteroatoms. The second-order valence-electron chi connectivity index (χ2n) is 8.89. The van der Waals surface area contributed by atoms with E-state index in [1.807, 2.05) is 43.3 Å². The van der Waals surface area contributed by atoms with E-state index in [0.29, 0.717) is 35.6 Å². The lowest BCUT2D eigenvalue weighted by Crippen LogP contribution is -2.32. The van der Waals surface area contributed by atoms with E-state index >= 15 is 0 Å². The quantitative estimate of drug-likeness (QED) is 0.160. The Balaban J connectivity index is 1.27. The van der Waals surface area contributed by atoms with E-state index in [4.69, 9.17) is 21.1 Å². The van der Waals surface area contributed by atoms with Crippen LogP contribution in [0, 0.1) is 0 Å². The van der Waals surface area contributed by atoms with Gasteiger partial charge in [-0.25, -0.2) is 14.5 Å². The van der Waals surface area contributed by atoms with Crippen LogP contribution >= 0.6 is 11.6 Å². The van der Waals surface area contributed by atoms with Gasteiger partial charge in [-0.05, 0) is 66.4 Å². The van der Waals surface area contributed by atoms with Crippen molar-refractivity contribution >= 4 is 57.5 Å². The summed E-state index contributed by atoms with van der Waals surface area (Å²) < 4.78 is 10.7. The number of carbonyl (C=O) groups is 4. The van der Waals surface area contributed by atoms with E-state index in [9.17, 15) is 19.2 Å². The summed E-state index contributed by atoms with van der Waals surface area (Å²) in [6.45, 7) is 2.18. The van der Waals surface area contributed by atoms with Crippen LogP contribution in [0.3, 0.4) is 0 Å². The number of rotatable bonds is 8. The van der Waals surface area contributed by atoms with Gasteiger partial charge in [0.2, 0.25) is 0 Å².